The smallest absolute Gasteiger partial charge is 0.339 e. The third-order valence-electron chi connectivity index (χ3n) is 5.29. The molecule has 0 unspecified atom stereocenters. The molecule has 0 aliphatic rings. The molecule has 4 aromatic heterocycles. The number of aryl methyl sites for hydroxylation is 1. The van der Waals surface area contributed by atoms with E-state index in [2.05, 4.69) is 30.5 Å². The second-order valence-corrected chi connectivity index (χ2v) is 7.55. The van der Waals surface area contributed by atoms with Crippen LogP contribution in [0.15, 0.2) is 30.7 Å². The molecule has 0 spiro atoms. The maximum absolute atomic E-state index is 13.3. The molecule has 4 rings (SSSR count). The van der Waals surface area contributed by atoms with Crippen LogP contribution in [0.4, 0.5) is 16.0 Å². The highest BCUT2D eigenvalue weighted by molar-refractivity contribution is 5.90. The molecule has 0 fully saturated rings. The van der Waals surface area contributed by atoms with Gasteiger partial charge in [-0.2, -0.15) is 10.2 Å². The first-order valence-corrected chi connectivity index (χ1v) is 10.4. The highest BCUT2D eigenvalue weighted by Gasteiger charge is 2.21. The predicted molar refractivity (Wildman–Crippen MR) is 121 cm³/mol. The van der Waals surface area contributed by atoms with Gasteiger partial charge < -0.3 is 15.2 Å². The Labute approximate surface area is 194 Å². The van der Waals surface area contributed by atoms with Gasteiger partial charge in [0.05, 0.1) is 36.4 Å². The molecule has 0 radical (unpaired) electrons. The molecule has 2 N–H and O–H groups in total. The first kappa shape index (κ1) is 23.0. The van der Waals surface area contributed by atoms with Gasteiger partial charge >= 0.3 is 5.97 Å². The summed E-state index contributed by atoms with van der Waals surface area (Å²) in [5.74, 6) is 0.0410. The number of rotatable bonds is 8. The van der Waals surface area contributed by atoms with Crippen molar-refractivity contribution in [3.8, 4) is 17.2 Å². The molecule has 11 nitrogen and oxygen atoms in total. The Balaban J connectivity index is 1.72. The molecule has 0 aromatic carbocycles. The highest BCUT2D eigenvalue weighted by atomic mass is 19.1. The summed E-state index contributed by atoms with van der Waals surface area (Å²) < 4.78 is 21.7. The van der Waals surface area contributed by atoms with Crippen molar-refractivity contribution >= 4 is 17.6 Å². The van der Waals surface area contributed by atoms with Gasteiger partial charge in [-0.3, -0.25) is 4.98 Å². The Hall–Kier alpha value is -4.19. The summed E-state index contributed by atoms with van der Waals surface area (Å²) in [5, 5.41) is 21.7. The Morgan fingerprint density at radius 1 is 1.18 bits per heavy atom. The molecule has 0 atom stereocenters. The number of ether oxygens (including phenoxy) is 1. The summed E-state index contributed by atoms with van der Waals surface area (Å²) in [7, 11) is 1.60. The van der Waals surface area contributed by atoms with E-state index in [9.17, 15) is 14.3 Å². The van der Waals surface area contributed by atoms with Gasteiger partial charge in [-0.1, -0.05) is 0 Å². The number of carboxylic acid groups (broad SMARTS) is 1. The van der Waals surface area contributed by atoms with Crippen LogP contribution < -0.4 is 5.32 Å². The fraction of sp³-hybridized carbons (Fsp3) is 0.273. The quantitative estimate of drug-likeness (QED) is 0.402. The van der Waals surface area contributed by atoms with Crippen molar-refractivity contribution in [2.45, 2.75) is 27.3 Å². The van der Waals surface area contributed by atoms with E-state index in [4.69, 9.17) is 4.74 Å². The average Bonchev–Trinajstić information content (AvgIpc) is 3.28. The van der Waals surface area contributed by atoms with Crippen molar-refractivity contribution in [3.63, 3.8) is 0 Å². The molecule has 176 valence electrons. The lowest BCUT2D eigenvalue weighted by Gasteiger charge is -2.11. The van der Waals surface area contributed by atoms with Crippen LogP contribution >= 0.6 is 0 Å². The zero-order valence-corrected chi connectivity index (χ0v) is 19.1. The summed E-state index contributed by atoms with van der Waals surface area (Å²) in [5.41, 5.74) is 2.90. The molecule has 34 heavy (non-hydrogen) atoms. The lowest BCUT2D eigenvalue weighted by molar-refractivity contribution is 0.0695. The minimum atomic E-state index is -1.05. The fourth-order valence-corrected chi connectivity index (χ4v) is 3.64. The summed E-state index contributed by atoms with van der Waals surface area (Å²) >= 11 is 0. The van der Waals surface area contributed by atoms with Gasteiger partial charge in [0.15, 0.2) is 5.82 Å². The Bertz CT molecular complexity index is 1350. The number of nitrogens with one attached hydrogen (secondary N) is 1. The SMILES string of the molecule is COCCn1nc(-c2ccc(F)cn2)c(C)c1Nc1cc(-n2nc(C)c(C(=O)O)c2C)ncn1. The zero-order chi connectivity index (χ0) is 24.4. The predicted octanol–water partition coefficient (Wildman–Crippen LogP) is 3.07. The highest BCUT2D eigenvalue weighted by Crippen LogP contribution is 2.29. The molecule has 4 aromatic rings. The Morgan fingerprint density at radius 2 is 1.97 bits per heavy atom. The zero-order valence-electron chi connectivity index (χ0n) is 19.1. The lowest BCUT2D eigenvalue weighted by atomic mass is 10.2. The van der Waals surface area contributed by atoms with Crippen LogP contribution in [0.1, 0.15) is 27.3 Å². The third kappa shape index (κ3) is 4.35. The third-order valence-corrected chi connectivity index (χ3v) is 5.29. The van der Waals surface area contributed by atoms with E-state index in [1.54, 1.807) is 37.8 Å². The van der Waals surface area contributed by atoms with E-state index in [-0.39, 0.29) is 5.56 Å². The van der Waals surface area contributed by atoms with E-state index < -0.39 is 11.8 Å². The number of hydrogen-bond acceptors (Lipinski definition) is 8. The van der Waals surface area contributed by atoms with Crippen molar-refractivity contribution in [1.82, 2.24) is 34.5 Å². The minimum Gasteiger partial charge on any atom is -0.478 e. The Kier molecular flexibility index (Phi) is 6.32. The van der Waals surface area contributed by atoms with Crippen LogP contribution in [0.3, 0.4) is 0 Å². The van der Waals surface area contributed by atoms with Crippen LogP contribution in [-0.2, 0) is 11.3 Å². The molecule has 0 saturated heterocycles. The van der Waals surface area contributed by atoms with Gasteiger partial charge in [0.1, 0.15) is 35.0 Å². The number of pyridine rings is 1. The number of carboxylic acids is 1. The van der Waals surface area contributed by atoms with Crippen molar-refractivity contribution in [2.24, 2.45) is 0 Å². The van der Waals surface area contributed by atoms with E-state index in [1.165, 1.54) is 17.1 Å². The van der Waals surface area contributed by atoms with E-state index in [1.807, 2.05) is 6.92 Å². The molecule has 12 heteroatoms. The molecule has 0 saturated carbocycles. The van der Waals surface area contributed by atoms with Crippen LogP contribution in [0, 0.1) is 26.6 Å². The number of anilines is 2. The summed E-state index contributed by atoms with van der Waals surface area (Å²) in [6.45, 7) is 6.06. The molecule has 0 amide bonds. The number of nitrogens with zero attached hydrogens (tertiary/aromatic N) is 7. The van der Waals surface area contributed by atoms with Crippen molar-refractivity contribution in [2.75, 3.05) is 19.0 Å². The van der Waals surface area contributed by atoms with Gasteiger partial charge in [0.2, 0.25) is 0 Å². The molecule has 0 bridgehead atoms. The largest absolute Gasteiger partial charge is 0.478 e. The second-order valence-electron chi connectivity index (χ2n) is 7.55. The second kappa shape index (κ2) is 9.35. The van der Waals surface area contributed by atoms with Gasteiger partial charge in [0, 0.05) is 18.7 Å². The molecule has 0 aliphatic carbocycles. The molecular formula is C22H23FN8O3. The van der Waals surface area contributed by atoms with Crippen LogP contribution in [0.5, 0.6) is 0 Å². The van der Waals surface area contributed by atoms with E-state index in [0.717, 1.165) is 11.8 Å². The number of hydrogen-bond donors (Lipinski definition) is 2. The van der Waals surface area contributed by atoms with Gasteiger partial charge in [-0.25, -0.2) is 28.5 Å². The molecular weight excluding hydrogens is 443 g/mol. The fourth-order valence-electron chi connectivity index (χ4n) is 3.64. The van der Waals surface area contributed by atoms with Crippen molar-refractivity contribution in [1.29, 1.82) is 0 Å². The maximum atomic E-state index is 13.3. The average molecular weight is 466 g/mol. The minimum absolute atomic E-state index is 0.137. The normalized spacial score (nSPS) is 11.1. The lowest BCUT2D eigenvalue weighted by Crippen LogP contribution is -2.11. The summed E-state index contributed by atoms with van der Waals surface area (Å²) in [4.78, 5) is 24.2. The van der Waals surface area contributed by atoms with Crippen molar-refractivity contribution < 1.29 is 19.0 Å². The van der Waals surface area contributed by atoms with E-state index in [0.29, 0.717) is 53.4 Å². The van der Waals surface area contributed by atoms with Crippen LogP contribution in [0.2, 0.25) is 0 Å². The number of carbonyl (C=O) groups is 1. The molecule has 4 heterocycles. The summed E-state index contributed by atoms with van der Waals surface area (Å²) in [6.07, 6.45) is 2.51. The number of methoxy groups -OCH3 is 1. The van der Waals surface area contributed by atoms with Crippen LogP contribution in [0.25, 0.3) is 17.2 Å². The van der Waals surface area contributed by atoms with Gasteiger partial charge in [-0.15, -0.1) is 0 Å². The van der Waals surface area contributed by atoms with Crippen LogP contribution in [-0.4, -0.2) is 59.3 Å². The van der Waals surface area contributed by atoms with E-state index >= 15 is 0 Å². The topological polar surface area (TPSA) is 133 Å². The maximum Gasteiger partial charge on any atom is 0.339 e. The molecule has 0 aliphatic heterocycles. The first-order chi connectivity index (χ1) is 16.3. The van der Waals surface area contributed by atoms with Crippen molar-refractivity contribution in [3.05, 3.63) is 59.1 Å². The first-order valence-electron chi connectivity index (χ1n) is 10.4. The number of aromatic carboxylic acids is 1. The number of aromatic nitrogens is 7. The number of halogens is 1. The Morgan fingerprint density at radius 3 is 2.62 bits per heavy atom. The monoisotopic (exact) mass is 466 g/mol. The summed E-state index contributed by atoms with van der Waals surface area (Å²) in [6, 6.07) is 4.56. The van der Waals surface area contributed by atoms with Gasteiger partial charge in [-0.05, 0) is 32.9 Å². The van der Waals surface area contributed by atoms with Gasteiger partial charge in [0.25, 0.3) is 0 Å². The standard InChI is InChI=1S/C22H23FN8O3/c1-12-20(16-6-5-15(23)10-24-16)29-30(7-8-34-4)21(12)27-17-9-18(26-11-25-17)31-14(3)19(22(32)33)13(2)28-31/h5-6,9-11H,7-8H2,1-4H3,(H,32,33)(H,25,26,27).